The van der Waals surface area contributed by atoms with Crippen LogP contribution in [0.15, 0.2) is 35.7 Å². The van der Waals surface area contributed by atoms with E-state index in [4.69, 9.17) is 5.11 Å². The third kappa shape index (κ3) is 2.34. The zero-order chi connectivity index (χ0) is 13.2. The van der Waals surface area contributed by atoms with E-state index in [1.165, 1.54) is 11.3 Å². The maximum atomic E-state index is 10.6. The van der Waals surface area contributed by atoms with Crippen LogP contribution in [0.25, 0.3) is 16.2 Å². The molecule has 19 heavy (non-hydrogen) atoms. The number of nitrogens with zero attached hydrogens (tertiary/aromatic N) is 3. The highest BCUT2D eigenvalue weighted by atomic mass is 32.1. The third-order valence-corrected chi connectivity index (χ3v) is 3.57. The smallest absolute Gasteiger partial charge is 0.303 e. The molecular formula is C13H11N3O2S. The van der Waals surface area contributed by atoms with Crippen molar-refractivity contribution in [2.24, 2.45) is 0 Å². The molecule has 0 atom stereocenters. The van der Waals surface area contributed by atoms with Crippen LogP contribution in [0.5, 0.6) is 0 Å². The van der Waals surface area contributed by atoms with Gasteiger partial charge in [-0.2, -0.15) is 0 Å². The summed E-state index contributed by atoms with van der Waals surface area (Å²) in [6.07, 6.45) is 0.413. The number of benzene rings is 1. The molecule has 96 valence electrons. The minimum absolute atomic E-state index is 0.0541. The number of hydrogen-bond acceptors (Lipinski definition) is 4. The number of hydrogen-bond donors (Lipinski definition) is 1. The van der Waals surface area contributed by atoms with Crippen LogP contribution < -0.4 is 0 Å². The van der Waals surface area contributed by atoms with E-state index in [-0.39, 0.29) is 6.42 Å². The standard InChI is InChI=1S/C13H11N3O2S/c17-12(18)7-6-11-14-13-16(15-11)10(8-19-13)9-4-2-1-3-5-9/h1-5,8H,6-7H2,(H,17,18). The van der Waals surface area contributed by atoms with E-state index >= 15 is 0 Å². The van der Waals surface area contributed by atoms with E-state index in [2.05, 4.69) is 10.1 Å². The van der Waals surface area contributed by atoms with Gasteiger partial charge in [0.05, 0.1) is 12.1 Å². The van der Waals surface area contributed by atoms with Crippen molar-refractivity contribution in [2.75, 3.05) is 0 Å². The Kier molecular flexibility index (Phi) is 3.00. The fourth-order valence-electron chi connectivity index (χ4n) is 1.85. The highest BCUT2D eigenvalue weighted by Crippen LogP contribution is 2.24. The van der Waals surface area contributed by atoms with Crippen LogP contribution in [0, 0.1) is 0 Å². The van der Waals surface area contributed by atoms with Gasteiger partial charge in [0.15, 0.2) is 5.82 Å². The van der Waals surface area contributed by atoms with Crippen molar-refractivity contribution >= 4 is 22.3 Å². The van der Waals surface area contributed by atoms with Gasteiger partial charge in [-0.25, -0.2) is 9.50 Å². The molecule has 1 aromatic carbocycles. The topological polar surface area (TPSA) is 67.5 Å². The summed E-state index contributed by atoms with van der Waals surface area (Å²) in [5.41, 5.74) is 2.05. The van der Waals surface area contributed by atoms with Crippen LogP contribution in [-0.2, 0) is 11.2 Å². The molecule has 0 fully saturated rings. The number of aromatic nitrogens is 3. The lowest BCUT2D eigenvalue weighted by atomic mass is 10.2. The van der Waals surface area contributed by atoms with Crippen LogP contribution in [-0.4, -0.2) is 25.7 Å². The number of carboxylic acids is 1. The van der Waals surface area contributed by atoms with Crippen molar-refractivity contribution in [1.29, 1.82) is 0 Å². The van der Waals surface area contributed by atoms with Crippen molar-refractivity contribution < 1.29 is 9.90 Å². The molecule has 3 aromatic rings. The summed E-state index contributed by atoms with van der Waals surface area (Å²) in [6.45, 7) is 0. The summed E-state index contributed by atoms with van der Waals surface area (Å²) >= 11 is 1.51. The summed E-state index contributed by atoms with van der Waals surface area (Å²) < 4.78 is 1.77. The molecule has 0 bridgehead atoms. The van der Waals surface area contributed by atoms with Gasteiger partial charge in [-0.1, -0.05) is 30.3 Å². The molecule has 0 amide bonds. The van der Waals surface area contributed by atoms with E-state index in [9.17, 15) is 4.79 Å². The Balaban J connectivity index is 1.96. The Bertz CT molecular complexity index is 718. The molecule has 0 aliphatic rings. The summed E-state index contributed by atoms with van der Waals surface area (Å²) in [6, 6.07) is 9.94. The first kappa shape index (κ1) is 11.9. The normalized spacial score (nSPS) is 10.9. The van der Waals surface area contributed by atoms with Crippen LogP contribution in [0.1, 0.15) is 12.2 Å². The molecule has 0 radical (unpaired) electrons. The molecule has 0 saturated heterocycles. The van der Waals surface area contributed by atoms with Crippen LogP contribution >= 0.6 is 11.3 Å². The fraction of sp³-hybridized carbons (Fsp3) is 0.154. The zero-order valence-electron chi connectivity index (χ0n) is 9.98. The Labute approximate surface area is 113 Å². The number of aryl methyl sites for hydroxylation is 1. The summed E-state index contributed by atoms with van der Waals surface area (Å²) in [5.74, 6) is -0.257. The monoisotopic (exact) mass is 273 g/mol. The highest BCUT2D eigenvalue weighted by molar-refractivity contribution is 7.15. The molecule has 1 N–H and O–H groups in total. The molecule has 0 unspecified atom stereocenters. The predicted molar refractivity (Wildman–Crippen MR) is 72.3 cm³/mol. The molecule has 0 spiro atoms. The number of carboxylic acid groups (broad SMARTS) is 1. The maximum absolute atomic E-state index is 10.6. The number of thiazole rings is 1. The van der Waals surface area contributed by atoms with E-state index in [0.717, 1.165) is 16.2 Å². The first-order valence-corrected chi connectivity index (χ1v) is 6.72. The van der Waals surface area contributed by atoms with E-state index < -0.39 is 5.97 Å². The average molecular weight is 273 g/mol. The highest BCUT2D eigenvalue weighted by Gasteiger charge is 2.11. The number of carbonyl (C=O) groups is 1. The molecule has 0 aliphatic carbocycles. The van der Waals surface area contributed by atoms with Crippen LogP contribution in [0.3, 0.4) is 0 Å². The number of fused-ring (bicyclic) bond motifs is 1. The van der Waals surface area contributed by atoms with Crippen molar-refractivity contribution in [3.05, 3.63) is 41.5 Å². The first-order chi connectivity index (χ1) is 9.24. The van der Waals surface area contributed by atoms with Gasteiger partial charge in [0.25, 0.3) is 0 Å². The van der Waals surface area contributed by atoms with Gasteiger partial charge in [0.1, 0.15) is 0 Å². The Hall–Kier alpha value is -2.21. The van der Waals surface area contributed by atoms with Crippen molar-refractivity contribution in [2.45, 2.75) is 12.8 Å². The molecule has 6 heteroatoms. The second-order valence-corrected chi connectivity index (χ2v) is 4.94. The second kappa shape index (κ2) is 4.81. The molecule has 5 nitrogen and oxygen atoms in total. The quantitative estimate of drug-likeness (QED) is 0.793. The largest absolute Gasteiger partial charge is 0.481 e. The molecule has 3 rings (SSSR count). The van der Waals surface area contributed by atoms with E-state index in [1.54, 1.807) is 4.52 Å². The molecule has 0 aliphatic heterocycles. The van der Waals surface area contributed by atoms with Crippen LogP contribution in [0.2, 0.25) is 0 Å². The first-order valence-electron chi connectivity index (χ1n) is 5.84. The number of rotatable bonds is 4. The van der Waals surface area contributed by atoms with Gasteiger partial charge in [-0.15, -0.1) is 16.4 Å². The molecular weight excluding hydrogens is 262 g/mol. The summed E-state index contributed by atoms with van der Waals surface area (Å²) in [7, 11) is 0. The number of aliphatic carboxylic acids is 1. The molecule has 2 heterocycles. The van der Waals surface area contributed by atoms with Crippen molar-refractivity contribution in [3.8, 4) is 11.3 Å². The fourth-order valence-corrected chi connectivity index (χ4v) is 2.70. The average Bonchev–Trinajstić information content (AvgIpc) is 2.96. The van der Waals surface area contributed by atoms with Gasteiger partial charge in [-0.3, -0.25) is 4.79 Å². The lowest BCUT2D eigenvalue weighted by Crippen LogP contribution is -1.99. The maximum Gasteiger partial charge on any atom is 0.303 e. The van der Waals surface area contributed by atoms with Gasteiger partial charge in [-0.05, 0) is 0 Å². The van der Waals surface area contributed by atoms with Gasteiger partial charge in [0, 0.05) is 17.4 Å². The summed E-state index contributed by atoms with van der Waals surface area (Å²) in [5, 5.41) is 15.1. The zero-order valence-corrected chi connectivity index (χ0v) is 10.8. The molecule has 0 saturated carbocycles. The molecule has 2 aromatic heterocycles. The van der Waals surface area contributed by atoms with Crippen LogP contribution in [0.4, 0.5) is 0 Å². The predicted octanol–water partition coefficient (Wildman–Crippen LogP) is 2.48. The summed E-state index contributed by atoms with van der Waals surface area (Å²) in [4.78, 5) is 15.7. The third-order valence-electron chi connectivity index (χ3n) is 2.76. The minimum atomic E-state index is -0.832. The van der Waals surface area contributed by atoms with E-state index in [0.29, 0.717) is 12.2 Å². The van der Waals surface area contributed by atoms with Gasteiger partial charge < -0.3 is 5.11 Å². The SMILES string of the molecule is O=C(O)CCc1nc2scc(-c3ccccc3)n2n1. The Morgan fingerprint density at radius 3 is 2.84 bits per heavy atom. The van der Waals surface area contributed by atoms with Crippen molar-refractivity contribution in [1.82, 2.24) is 14.6 Å². The second-order valence-electron chi connectivity index (χ2n) is 4.10. The van der Waals surface area contributed by atoms with E-state index in [1.807, 2.05) is 35.7 Å². The Morgan fingerprint density at radius 2 is 2.11 bits per heavy atom. The van der Waals surface area contributed by atoms with Crippen molar-refractivity contribution in [3.63, 3.8) is 0 Å². The van der Waals surface area contributed by atoms with Gasteiger partial charge >= 0.3 is 5.97 Å². The lowest BCUT2D eigenvalue weighted by Gasteiger charge is -1.97. The Morgan fingerprint density at radius 1 is 1.32 bits per heavy atom. The minimum Gasteiger partial charge on any atom is -0.481 e. The van der Waals surface area contributed by atoms with Gasteiger partial charge in [0.2, 0.25) is 4.96 Å². The lowest BCUT2D eigenvalue weighted by molar-refractivity contribution is -0.137.